The maximum atomic E-state index is 13.2. The summed E-state index contributed by atoms with van der Waals surface area (Å²) < 4.78 is 14.0. The van der Waals surface area contributed by atoms with Crippen molar-refractivity contribution in [1.29, 1.82) is 0 Å². The van der Waals surface area contributed by atoms with Gasteiger partial charge in [-0.05, 0) is 23.3 Å². The highest BCUT2D eigenvalue weighted by Gasteiger charge is 2.33. The Bertz CT molecular complexity index is 1700. The number of fused-ring (bicyclic) bond motifs is 1. The van der Waals surface area contributed by atoms with Gasteiger partial charge >= 0.3 is 11.7 Å². The normalized spacial score (nSPS) is 14.9. The fourth-order valence-electron chi connectivity index (χ4n) is 4.54. The number of ether oxygens (including phenoxy) is 2. The molecule has 200 valence electrons. The molecule has 0 saturated heterocycles. The maximum Gasteiger partial charge on any atom is 0.332 e. The van der Waals surface area contributed by atoms with E-state index >= 15 is 0 Å². The molecule has 0 aliphatic carbocycles. The average Bonchev–Trinajstić information content (AvgIpc) is 3.59. The number of carbonyl (C=O) groups excluding carboxylic acids is 2. The summed E-state index contributed by atoms with van der Waals surface area (Å²) in [5, 5.41) is 5.92. The summed E-state index contributed by atoms with van der Waals surface area (Å²) in [6.07, 6.45) is 1.77. The van der Waals surface area contributed by atoms with Crippen molar-refractivity contribution >= 4 is 28.8 Å². The minimum absolute atomic E-state index is 0.0825. The van der Waals surface area contributed by atoms with Crippen LogP contribution in [0.1, 0.15) is 23.6 Å². The minimum Gasteiger partial charge on any atom is -0.497 e. The van der Waals surface area contributed by atoms with Crippen LogP contribution in [0.25, 0.3) is 11.2 Å². The van der Waals surface area contributed by atoms with E-state index in [2.05, 4.69) is 10.1 Å². The molecule has 1 amide bonds. The number of aromatic nitrogens is 4. The van der Waals surface area contributed by atoms with Crippen LogP contribution in [-0.4, -0.2) is 55.0 Å². The van der Waals surface area contributed by atoms with E-state index in [0.717, 1.165) is 21.4 Å². The van der Waals surface area contributed by atoms with Gasteiger partial charge in [-0.1, -0.05) is 42.5 Å². The number of esters is 1. The lowest BCUT2D eigenvalue weighted by Gasteiger charge is -2.22. The Hall–Kier alpha value is -5.00. The van der Waals surface area contributed by atoms with Crippen LogP contribution in [0.5, 0.6) is 5.75 Å². The predicted octanol–water partition coefficient (Wildman–Crippen LogP) is 1.36. The fourth-order valence-corrected chi connectivity index (χ4v) is 4.54. The first-order valence-corrected chi connectivity index (χ1v) is 12.1. The van der Waals surface area contributed by atoms with Gasteiger partial charge in [0.1, 0.15) is 12.3 Å². The zero-order valence-electron chi connectivity index (χ0n) is 21.6. The molecule has 0 spiro atoms. The minimum atomic E-state index is -0.744. The van der Waals surface area contributed by atoms with E-state index in [4.69, 9.17) is 9.47 Å². The second-order valence-corrected chi connectivity index (χ2v) is 9.06. The molecule has 4 aromatic rings. The Morgan fingerprint density at radius 2 is 1.72 bits per heavy atom. The highest BCUT2D eigenvalue weighted by atomic mass is 16.5. The van der Waals surface area contributed by atoms with E-state index < -0.39 is 29.7 Å². The summed E-state index contributed by atoms with van der Waals surface area (Å²) in [5.41, 5.74) is 1.61. The number of amides is 1. The van der Waals surface area contributed by atoms with Crippen LogP contribution in [-0.2, 0) is 35.0 Å². The predicted molar refractivity (Wildman–Crippen MR) is 141 cm³/mol. The molecule has 2 aromatic heterocycles. The third kappa shape index (κ3) is 4.83. The van der Waals surface area contributed by atoms with Gasteiger partial charge in [0.2, 0.25) is 0 Å². The molecule has 1 aliphatic heterocycles. The van der Waals surface area contributed by atoms with Crippen molar-refractivity contribution in [3.8, 4) is 5.75 Å². The van der Waals surface area contributed by atoms with Gasteiger partial charge in [0.25, 0.3) is 11.5 Å². The number of hydrogen-bond acceptors (Lipinski definition) is 8. The second-order valence-electron chi connectivity index (χ2n) is 9.06. The molecular weight excluding hydrogens is 504 g/mol. The number of rotatable bonds is 7. The zero-order chi connectivity index (χ0) is 27.7. The molecule has 12 nitrogen and oxygen atoms in total. The summed E-state index contributed by atoms with van der Waals surface area (Å²) in [4.78, 5) is 54.7. The molecule has 39 heavy (non-hydrogen) atoms. The topological polar surface area (TPSA) is 130 Å². The van der Waals surface area contributed by atoms with Gasteiger partial charge < -0.3 is 14.0 Å². The Morgan fingerprint density at radius 3 is 2.41 bits per heavy atom. The molecule has 0 N–H and O–H groups in total. The number of imidazole rings is 1. The number of hydrazone groups is 1. The average molecular weight is 531 g/mol. The number of methoxy groups -OCH3 is 1. The molecular formula is C27H26N6O6. The van der Waals surface area contributed by atoms with Crippen LogP contribution in [0.3, 0.4) is 0 Å². The van der Waals surface area contributed by atoms with E-state index in [9.17, 15) is 19.2 Å². The summed E-state index contributed by atoms with van der Waals surface area (Å²) in [7, 11) is 4.41. The van der Waals surface area contributed by atoms with Crippen LogP contribution in [0.15, 0.2) is 75.6 Å². The number of carbonyl (C=O) groups is 2. The van der Waals surface area contributed by atoms with E-state index in [-0.39, 0.29) is 23.8 Å². The third-order valence-electron chi connectivity index (χ3n) is 6.65. The van der Waals surface area contributed by atoms with Gasteiger partial charge in [-0.25, -0.2) is 14.8 Å². The molecule has 3 heterocycles. The lowest BCUT2D eigenvalue weighted by molar-refractivity contribution is -0.153. The summed E-state index contributed by atoms with van der Waals surface area (Å²) in [6, 6.07) is 16.5. The first-order chi connectivity index (χ1) is 18.8. The van der Waals surface area contributed by atoms with Crippen molar-refractivity contribution < 1.29 is 19.1 Å². The molecule has 0 fully saturated rings. The Labute approximate surface area is 222 Å². The van der Waals surface area contributed by atoms with Gasteiger partial charge in [-0.15, -0.1) is 0 Å². The number of nitrogens with zero attached hydrogens (tertiary/aromatic N) is 6. The molecule has 0 unspecified atom stereocenters. The Morgan fingerprint density at radius 1 is 1.00 bits per heavy atom. The smallest absolute Gasteiger partial charge is 0.332 e. The monoisotopic (exact) mass is 530 g/mol. The van der Waals surface area contributed by atoms with Crippen LogP contribution in [0.2, 0.25) is 0 Å². The summed E-state index contributed by atoms with van der Waals surface area (Å²) in [5.74, 6) is -0.551. The standard InChI is InChI=1S/C27H26N6O6/c1-30-25-24(26(36)31(2)27(30)37)32(16-28-25)14-23(35)39-15-22(34)33-21(18-9-11-19(38-3)12-10-18)13-20(29-33)17-7-5-4-6-8-17/h4-12,16,21H,13-15H2,1-3H3/t21-/m1/s1. The van der Waals surface area contributed by atoms with Crippen molar-refractivity contribution in [2.24, 2.45) is 19.2 Å². The molecule has 5 rings (SSSR count). The number of hydrogen-bond donors (Lipinski definition) is 0. The Balaban J connectivity index is 1.33. The van der Waals surface area contributed by atoms with Crippen molar-refractivity contribution in [3.63, 3.8) is 0 Å². The van der Waals surface area contributed by atoms with Crippen LogP contribution < -0.4 is 16.0 Å². The van der Waals surface area contributed by atoms with Crippen LogP contribution in [0, 0.1) is 0 Å². The van der Waals surface area contributed by atoms with Gasteiger partial charge in [-0.2, -0.15) is 5.10 Å². The van der Waals surface area contributed by atoms with Gasteiger partial charge in [-0.3, -0.25) is 23.5 Å². The van der Waals surface area contributed by atoms with E-state index in [1.54, 1.807) is 7.11 Å². The lowest BCUT2D eigenvalue weighted by atomic mass is 9.98. The summed E-state index contributed by atoms with van der Waals surface area (Å²) >= 11 is 0. The van der Waals surface area contributed by atoms with E-state index in [0.29, 0.717) is 12.2 Å². The molecule has 0 saturated carbocycles. The molecule has 1 atom stereocenters. The van der Waals surface area contributed by atoms with Crippen molar-refractivity contribution in [2.75, 3.05) is 13.7 Å². The largest absolute Gasteiger partial charge is 0.497 e. The quantitative estimate of drug-likeness (QED) is 0.330. The van der Waals surface area contributed by atoms with Crippen LogP contribution in [0.4, 0.5) is 0 Å². The number of benzene rings is 2. The highest BCUT2D eigenvalue weighted by Crippen LogP contribution is 2.33. The molecule has 1 aliphatic rings. The Kier molecular flexibility index (Phi) is 6.84. The molecule has 0 bridgehead atoms. The summed E-state index contributed by atoms with van der Waals surface area (Å²) in [6.45, 7) is -0.905. The fraction of sp³-hybridized carbons (Fsp3) is 0.259. The molecule has 12 heteroatoms. The lowest BCUT2D eigenvalue weighted by Crippen LogP contribution is -2.37. The molecule has 0 radical (unpaired) electrons. The van der Waals surface area contributed by atoms with Crippen LogP contribution >= 0.6 is 0 Å². The van der Waals surface area contributed by atoms with Crippen molar-refractivity contribution in [1.82, 2.24) is 23.7 Å². The molecule has 2 aromatic carbocycles. The van der Waals surface area contributed by atoms with Gasteiger partial charge in [0.05, 0.1) is 25.2 Å². The van der Waals surface area contributed by atoms with E-state index in [1.165, 1.54) is 34.6 Å². The van der Waals surface area contributed by atoms with Crippen molar-refractivity contribution in [3.05, 3.63) is 92.9 Å². The maximum absolute atomic E-state index is 13.2. The number of aryl methyl sites for hydroxylation is 1. The van der Waals surface area contributed by atoms with E-state index in [1.807, 2.05) is 54.6 Å². The first kappa shape index (κ1) is 25.6. The zero-order valence-corrected chi connectivity index (χ0v) is 21.6. The second kappa shape index (κ2) is 10.4. The SMILES string of the molecule is COc1ccc([C@H]2CC(c3ccccc3)=NN2C(=O)COC(=O)Cn2cnc3c2c(=O)n(C)c(=O)n3C)cc1. The van der Waals surface area contributed by atoms with Gasteiger partial charge in [0, 0.05) is 20.5 Å². The highest BCUT2D eigenvalue weighted by molar-refractivity contribution is 6.03. The van der Waals surface area contributed by atoms with Crippen molar-refractivity contribution in [2.45, 2.75) is 19.0 Å². The third-order valence-corrected chi connectivity index (χ3v) is 6.65. The first-order valence-electron chi connectivity index (χ1n) is 12.1. The van der Waals surface area contributed by atoms with Gasteiger partial charge in [0.15, 0.2) is 17.8 Å².